The van der Waals surface area contributed by atoms with Gasteiger partial charge in [0, 0.05) is 49.4 Å². The van der Waals surface area contributed by atoms with E-state index >= 15 is 0 Å². The molecule has 0 saturated heterocycles. The first-order valence-electron chi connectivity index (χ1n) is 20.7. The number of aromatic nitrogens is 3. The van der Waals surface area contributed by atoms with E-state index in [4.69, 9.17) is 0 Å². The third-order valence-electron chi connectivity index (χ3n) is 12.5. The highest BCUT2D eigenvalue weighted by Crippen LogP contribution is 2.43. The highest BCUT2D eigenvalue weighted by atomic mass is 15.0. The fourth-order valence-electron chi connectivity index (χ4n) is 9.89. The lowest BCUT2D eigenvalue weighted by Crippen LogP contribution is -1.96. The first-order valence-corrected chi connectivity index (χ1v) is 20.7. The van der Waals surface area contributed by atoms with Gasteiger partial charge in [0.15, 0.2) is 0 Å². The van der Waals surface area contributed by atoms with Crippen molar-refractivity contribution in [2.45, 2.75) is 6.92 Å². The fourth-order valence-corrected chi connectivity index (χ4v) is 9.89. The number of hydrogen-bond acceptors (Lipinski definition) is 0. The summed E-state index contributed by atoms with van der Waals surface area (Å²) in [7, 11) is 0. The number of hydrogen-bond donors (Lipinski definition) is 0. The number of allylic oxidation sites excluding steroid dienone is 1. The average molecular weight is 766 g/mol. The van der Waals surface area contributed by atoms with E-state index in [1.165, 1.54) is 92.9 Å². The summed E-state index contributed by atoms with van der Waals surface area (Å²) in [6.45, 7) is 6.14. The lowest BCUT2D eigenvalue weighted by molar-refractivity contribution is 1.17. The Morgan fingerprint density at radius 1 is 0.400 bits per heavy atom. The molecule has 12 aromatic rings. The molecule has 0 aliphatic rings. The van der Waals surface area contributed by atoms with Crippen LogP contribution in [-0.2, 0) is 0 Å². The summed E-state index contributed by atoms with van der Waals surface area (Å²) in [5.74, 6) is 0. The molecular formula is C57H39N3. The molecule has 0 unspecified atom stereocenters. The van der Waals surface area contributed by atoms with Crippen LogP contribution in [0, 0.1) is 0 Å². The molecule has 3 nitrogen and oxygen atoms in total. The van der Waals surface area contributed by atoms with Gasteiger partial charge in [-0.15, -0.1) is 0 Å². The second-order valence-electron chi connectivity index (χ2n) is 15.7. The number of para-hydroxylation sites is 4. The van der Waals surface area contributed by atoms with E-state index in [9.17, 15) is 0 Å². The topological polar surface area (TPSA) is 14.8 Å². The summed E-state index contributed by atoms with van der Waals surface area (Å²) in [5.41, 5.74) is 15.4. The first kappa shape index (κ1) is 34.2. The molecule has 60 heavy (non-hydrogen) atoms. The lowest BCUT2D eigenvalue weighted by atomic mass is 9.98. The molecule has 0 saturated carbocycles. The van der Waals surface area contributed by atoms with Crippen LogP contribution in [0.15, 0.2) is 201 Å². The second-order valence-corrected chi connectivity index (χ2v) is 15.7. The van der Waals surface area contributed by atoms with Crippen molar-refractivity contribution in [3.05, 3.63) is 212 Å². The van der Waals surface area contributed by atoms with E-state index < -0.39 is 0 Å². The molecule has 0 radical (unpaired) electrons. The van der Waals surface area contributed by atoms with Crippen LogP contribution in [-0.4, -0.2) is 13.7 Å². The molecule has 9 aromatic carbocycles. The van der Waals surface area contributed by atoms with E-state index in [1.54, 1.807) is 0 Å². The summed E-state index contributed by atoms with van der Waals surface area (Å²) in [6, 6.07) is 69.0. The molecule has 0 aliphatic heterocycles. The van der Waals surface area contributed by atoms with Crippen molar-refractivity contribution in [1.82, 2.24) is 13.7 Å². The van der Waals surface area contributed by atoms with Crippen molar-refractivity contribution >= 4 is 88.3 Å². The highest BCUT2D eigenvalue weighted by molar-refractivity contribution is 6.26. The SMILES string of the molecule is C=Cc1ccc2cc(-n3c4ccccc4c4ccc(-c5ccc(-n6c7ccccc7c7c6ccc6c8ccccc8n(-c8ccccc8)c67)cc5)cc43)ccc2c1/C=C\C. The summed E-state index contributed by atoms with van der Waals surface area (Å²) in [5, 5.41) is 9.95. The Balaban J connectivity index is 1.02. The van der Waals surface area contributed by atoms with E-state index in [1.807, 2.05) is 6.08 Å². The maximum absolute atomic E-state index is 4.07. The Morgan fingerprint density at radius 3 is 1.72 bits per heavy atom. The normalized spacial score (nSPS) is 12.1. The van der Waals surface area contributed by atoms with Crippen molar-refractivity contribution in [3.63, 3.8) is 0 Å². The van der Waals surface area contributed by atoms with Crippen molar-refractivity contribution in [2.24, 2.45) is 0 Å². The van der Waals surface area contributed by atoms with Gasteiger partial charge >= 0.3 is 0 Å². The number of nitrogens with zero attached hydrogens (tertiary/aromatic N) is 3. The Kier molecular flexibility index (Phi) is 7.60. The van der Waals surface area contributed by atoms with Crippen molar-refractivity contribution in [2.75, 3.05) is 0 Å². The van der Waals surface area contributed by atoms with E-state index in [0.717, 1.165) is 22.6 Å². The first-order chi connectivity index (χ1) is 29.7. The maximum Gasteiger partial charge on any atom is 0.0641 e. The fraction of sp³-hybridized carbons (Fsp3) is 0.0175. The average Bonchev–Trinajstić information content (AvgIpc) is 3.95. The van der Waals surface area contributed by atoms with Gasteiger partial charge in [-0.1, -0.05) is 146 Å². The minimum atomic E-state index is 1.13. The molecule has 3 heteroatoms. The molecule has 0 atom stereocenters. The minimum Gasteiger partial charge on any atom is -0.309 e. The summed E-state index contributed by atoms with van der Waals surface area (Å²) >= 11 is 0. The van der Waals surface area contributed by atoms with Gasteiger partial charge in [-0.25, -0.2) is 0 Å². The number of fused-ring (bicyclic) bond motifs is 11. The van der Waals surface area contributed by atoms with Crippen LogP contribution in [0.1, 0.15) is 18.1 Å². The molecule has 0 aliphatic carbocycles. The molecule has 0 spiro atoms. The molecular weight excluding hydrogens is 727 g/mol. The Morgan fingerprint density at radius 2 is 0.967 bits per heavy atom. The lowest BCUT2D eigenvalue weighted by Gasteiger charge is -2.13. The molecule has 12 rings (SSSR count). The molecule has 282 valence electrons. The van der Waals surface area contributed by atoms with Gasteiger partial charge in [0.1, 0.15) is 0 Å². The molecule has 3 aromatic heterocycles. The van der Waals surface area contributed by atoms with Crippen molar-refractivity contribution in [3.8, 4) is 28.2 Å². The van der Waals surface area contributed by atoms with Gasteiger partial charge in [-0.3, -0.25) is 0 Å². The minimum absolute atomic E-state index is 1.13. The smallest absolute Gasteiger partial charge is 0.0641 e. The predicted octanol–water partition coefficient (Wildman–Crippen LogP) is 15.5. The van der Waals surface area contributed by atoms with E-state index in [2.05, 4.69) is 227 Å². The van der Waals surface area contributed by atoms with Crippen LogP contribution >= 0.6 is 0 Å². The van der Waals surface area contributed by atoms with E-state index in [-0.39, 0.29) is 0 Å². The highest BCUT2D eigenvalue weighted by Gasteiger charge is 2.21. The van der Waals surface area contributed by atoms with E-state index in [0.29, 0.717) is 0 Å². The predicted molar refractivity (Wildman–Crippen MR) is 257 cm³/mol. The zero-order chi connectivity index (χ0) is 39.9. The Bertz CT molecular complexity index is 3720. The Hall–Kier alpha value is -7.88. The van der Waals surface area contributed by atoms with Gasteiger partial charge < -0.3 is 13.7 Å². The van der Waals surface area contributed by atoms with Crippen LogP contribution < -0.4 is 0 Å². The monoisotopic (exact) mass is 765 g/mol. The molecule has 0 bridgehead atoms. The number of benzene rings is 9. The zero-order valence-electron chi connectivity index (χ0n) is 33.2. The van der Waals surface area contributed by atoms with Crippen LogP contribution in [0.5, 0.6) is 0 Å². The number of rotatable bonds is 6. The van der Waals surface area contributed by atoms with Gasteiger partial charge in [-0.2, -0.15) is 0 Å². The van der Waals surface area contributed by atoms with Gasteiger partial charge in [-0.05, 0) is 107 Å². The van der Waals surface area contributed by atoms with Gasteiger partial charge in [0.25, 0.3) is 0 Å². The quantitative estimate of drug-likeness (QED) is 0.160. The summed E-state index contributed by atoms with van der Waals surface area (Å²) < 4.78 is 7.30. The third-order valence-corrected chi connectivity index (χ3v) is 12.5. The third kappa shape index (κ3) is 4.96. The molecule has 0 amide bonds. The molecule has 0 N–H and O–H groups in total. The second kappa shape index (κ2) is 13.3. The van der Waals surface area contributed by atoms with Gasteiger partial charge in [0.05, 0.1) is 33.1 Å². The van der Waals surface area contributed by atoms with Crippen LogP contribution in [0.4, 0.5) is 0 Å². The summed E-state index contributed by atoms with van der Waals surface area (Å²) in [4.78, 5) is 0. The van der Waals surface area contributed by atoms with Crippen molar-refractivity contribution in [1.29, 1.82) is 0 Å². The van der Waals surface area contributed by atoms with Crippen LogP contribution in [0.2, 0.25) is 0 Å². The summed E-state index contributed by atoms with van der Waals surface area (Å²) in [6.07, 6.45) is 6.23. The standard InChI is InChI=1S/C57H39N3/c1-3-14-44-37(4-2)23-24-40-35-43(30-32-45(40)44)59-51-20-11-8-17-46(51)48-31-27-39(36-55(48)59)38-25-28-42(29-26-38)58-53-22-13-10-19-50(53)56-54(58)34-33-49-47-18-9-12-21-52(47)60(57(49)56)41-15-6-5-7-16-41/h3-36H,2H2,1H3/b14-3-. The van der Waals surface area contributed by atoms with Crippen LogP contribution in [0.3, 0.4) is 0 Å². The van der Waals surface area contributed by atoms with Crippen molar-refractivity contribution < 1.29 is 0 Å². The Labute approximate surface area is 347 Å². The molecule has 0 fully saturated rings. The maximum atomic E-state index is 4.07. The van der Waals surface area contributed by atoms with Gasteiger partial charge in [0.2, 0.25) is 0 Å². The van der Waals surface area contributed by atoms with Crippen LogP contribution in [0.25, 0.3) is 117 Å². The zero-order valence-corrected chi connectivity index (χ0v) is 33.2. The largest absolute Gasteiger partial charge is 0.309 e. The molecule has 3 heterocycles.